The van der Waals surface area contributed by atoms with Crippen molar-refractivity contribution in [3.8, 4) is 0 Å². The minimum Gasteiger partial charge on any atom is -0.317 e. The van der Waals surface area contributed by atoms with Crippen molar-refractivity contribution in [2.45, 2.75) is 18.9 Å². The molecule has 104 valence electrons. The number of amides is 2. The van der Waals surface area contributed by atoms with Crippen LogP contribution in [-0.2, 0) is 0 Å². The molecular formula is C15H15ClN2OS. The van der Waals surface area contributed by atoms with Crippen molar-refractivity contribution in [2.75, 3.05) is 11.9 Å². The number of likely N-dealkylation sites (tertiary alicyclic amines) is 1. The standard InChI is InChI=1S/C15H15ClN2OS/c16-11-5-1-2-6-12(11)17-15(19)18-9-3-7-13(18)14-8-4-10-20-14/h1-2,4-6,8,10,13H,3,7,9H2,(H,17,19)/t13-/m1/s1. The maximum Gasteiger partial charge on any atom is 0.322 e. The van der Waals surface area contributed by atoms with E-state index in [-0.39, 0.29) is 12.1 Å². The molecule has 0 saturated carbocycles. The lowest BCUT2D eigenvalue weighted by Gasteiger charge is -2.24. The first-order valence-corrected chi connectivity index (χ1v) is 7.87. The molecule has 20 heavy (non-hydrogen) atoms. The fourth-order valence-electron chi connectivity index (χ4n) is 2.54. The second-order valence-electron chi connectivity index (χ2n) is 4.78. The number of carbonyl (C=O) groups excluding carboxylic acids is 1. The summed E-state index contributed by atoms with van der Waals surface area (Å²) in [5.74, 6) is 0. The Balaban J connectivity index is 1.75. The zero-order chi connectivity index (χ0) is 13.9. The predicted octanol–water partition coefficient (Wildman–Crippen LogP) is 4.77. The van der Waals surface area contributed by atoms with E-state index in [2.05, 4.69) is 16.8 Å². The lowest BCUT2D eigenvalue weighted by Crippen LogP contribution is -2.34. The van der Waals surface area contributed by atoms with Crippen LogP contribution in [0.3, 0.4) is 0 Å². The highest BCUT2D eigenvalue weighted by Crippen LogP contribution is 2.35. The van der Waals surface area contributed by atoms with E-state index < -0.39 is 0 Å². The highest BCUT2D eigenvalue weighted by Gasteiger charge is 2.30. The normalized spacial score (nSPS) is 18.2. The monoisotopic (exact) mass is 306 g/mol. The van der Waals surface area contributed by atoms with Crippen LogP contribution in [0.4, 0.5) is 10.5 Å². The Kier molecular flexibility index (Phi) is 3.94. The lowest BCUT2D eigenvalue weighted by atomic mass is 10.2. The highest BCUT2D eigenvalue weighted by atomic mass is 35.5. The molecule has 1 aromatic carbocycles. The number of halogens is 1. The van der Waals surface area contributed by atoms with E-state index in [1.54, 1.807) is 17.4 Å². The summed E-state index contributed by atoms with van der Waals surface area (Å²) in [6, 6.07) is 11.5. The second-order valence-corrected chi connectivity index (χ2v) is 6.16. The van der Waals surface area contributed by atoms with Crippen molar-refractivity contribution < 1.29 is 4.79 Å². The molecule has 3 rings (SSSR count). The molecule has 0 radical (unpaired) electrons. The molecule has 5 heteroatoms. The fraction of sp³-hybridized carbons (Fsp3) is 0.267. The Hall–Kier alpha value is -1.52. The molecule has 2 amide bonds. The fourth-order valence-corrected chi connectivity index (χ4v) is 3.59. The van der Waals surface area contributed by atoms with Crippen LogP contribution in [0.1, 0.15) is 23.8 Å². The number of carbonyl (C=O) groups is 1. The van der Waals surface area contributed by atoms with Gasteiger partial charge in [0.15, 0.2) is 0 Å². The smallest absolute Gasteiger partial charge is 0.317 e. The first-order valence-electron chi connectivity index (χ1n) is 6.61. The number of anilines is 1. The van der Waals surface area contributed by atoms with Gasteiger partial charge in [0.1, 0.15) is 0 Å². The van der Waals surface area contributed by atoms with Gasteiger partial charge in [0.25, 0.3) is 0 Å². The van der Waals surface area contributed by atoms with Crippen LogP contribution in [0.5, 0.6) is 0 Å². The van der Waals surface area contributed by atoms with Crippen LogP contribution in [0.2, 0.25) is 5.02 Å². The third-order valence-electron chi connectivity index (χ3n) is 3.50. The maximum atomic E-state index is 12.4. The topological polar surface area (TPSA) is 32.3 Å². The molecule has 1 aromatic heterocycles. The summed E-state index contributed by atoms with van der Waals surface area (Å²) in [4.78, 5) is 15.6. The van der Waals surface area contributed by atoms with Crippen molar-refractivity contribution in [1.82, 2.24) is 4.90 Å². The summed E-state index contributed by atoms with van der Waals surface area (Å²) < 4.78 is 0. The van der Waals surface area contributed by atoms with E-state index >= 15 is 0 Å². The molecule has 1 N–H and O–H groups in total. The van der Waals surface area contributed by atoms with Crippen LogP contribution in [0.25, 0.3) is 0 Å². The molecule has 0 aliphatic carbocycles. The average molecular weight is 307 g/mol. The Morgan fingerprint density at radius 3 is 2.90 bits per heavy atom. The highest BCUT2D eigenvalue weighted by molar-refractivity contribution is 7.10. The molecule has 0 spiro atoms. The summed E-state index contributed by atoms with van der Waals surface area (Å²) in [7, 11) is 0. The first-order chi connectivity index (χ1) is 9.75. The summed E-state index contributed by atoms with van der Waals surface area (Å²) in [5.41, 5.74) is 0.663. The number of hydrogen-bond acceptors (Lipinski definition) is 2. The molecule has 1 fully saturated rings. The SMILES string of the molecule is O=C(Nc1ccccc1Cl)N1CCC[C@@H]1c1cccs1. The number of urea groups is 1. The third-order valence-corrected chi connectivity index (χ3v) is 4.80. The molecule has 1 aliphatic heterocycles. The number of benzene rings is 1. The largest absolute Gasteiger partial charge is 0.322 e. The Bertz CT molecular complexity index is 600. The van der Waals surface area contributed by atoms with Crippen molar-refractivity contribution in [3.05, 3.63) is 51.7 Å². The van der Waals surface area contributed by atoms with Crippen molar-refractivity contribution in [1.29, 1.82) is 0 Å². The van der Waals surface area contributed by atoms with Crippen LogP contribution in [0, 0.1) is 0 Å². The van der Waals surface area contributed by atoms with Gasteiger partial charge in [-0.3, -0.25) is 0 Å². The van der Waals surface area contributed by atoms with Crippen LogP contribution >= 0.6 is 22.9 Å². The van der Waals surface area contributed by atoms with Crippen molar-refractivity contribution in [2.24, 2.45) is 0 Å². The Morgan fingerprint density at radius 2 is 2.15 bits per heavy atom. The van der Waals surface area contributed by atoms with Gasteiger partial charge in [-0.1, -0.05) is 29.8 Å². The summed E-state index contributed by atoms with van der Waals surface area (Å²) in [5, 5.41) is 5.52. The van der Waals surface area contributed by atoms with Crippen molar-refractivity contribution in [3.63, 3.8) is 0 Å². The molecule has 1 aliphatic rings. The van der Waals surface area contributed by atoms with E-state index in [1.807, 2.05) is 29.2 Å². The summed E-state index contributed by atoms with van der Waals surface area (Å²) in [6.07, 6.45) is 2.06. The minimum absolute atomic E-state index is 0.0750. The number of hydrogen-bond donors (Lipinski definition) is 1. The van der Waals surface area contributed by atoms with E-state index in [1.165, 1.54) is 4.88 Å². The maximum absolute atomic E-state index is 12.4. The van der Waals surface area contributed by atoms with E-state index in [4.69, 9.17) is 11.6 Å². The van der Waals surface area contributed by atoms with Crippen LogP contribution < -0.4 is 5.32 Å². The summed E-state index contributed by atoms with van der Waals surface area (Å²) in [6.45, 7) is 0.791. The molecule has 2 heterocycles. The van der Waals surface area contributed by atoms with Gasteiger partial charge in [-0.2, -0.15) is 0 Å². The number of para-hydroxylation sites is 1. The molecule has 3 nitrogen and oxygen atoms in total. The van der Waals surface area contributed by atoms with Crippen LogP contribution in [0.15, 0.2) is 41.8 Å². The molecular weight excluding hydrogens is 292 g/mol. The van der Waals surface area contributed by atoms with Gasteiger partial charge in [-0.05, 0) is 36.4 Å². The average Bonchev–Trinajstić information content (AvgIpc) is 3.11. The lowest BCUT2D eigenvalue weighted by molar-refractivity contribution is 0.208. The number of nitrogens with one attached hydrogen (secondary N) is 1. The molecule has 1 saturated heterocycles. The van der Waals surface area contributed by atoms with E-state index in [0.29, 0.717) is 10.7 Å². The summed E-state index contributed by atoms with van der Waals surface area (Å²) >= 11 is 7.78. The third kappa shape index (κ3) is 2.67. The molecule has 0 bridgehead atoms. The quantitative estimate of drug-likeness (QED) is 0.851. The van der Waals surface area contributed by atoms with Gasteiger partial charge in [0.05, 0.1) is 16.8 Å². The van der Waals surface area contributed by atoms with Gasteiger partial charge in [0.2, 0.25) is 0 Å². The van der Waals surface area contributed by atoms with Gasteiger partial charge in [-0.15, -0.1) is 11.3 Å². The second kappa shape index (κ2) is 5.85. The number of rotatable bonds is 2. The Labute approximate surface area is 127 Å². The predicted molar refractivity (Wildman–Crippen MR) is 83.5 cm³/mol. The first kappa shape index (κ1) is 13.5. The molecule has 1 atom stereocenters. The molecule has 0 unspecified atom stereocenters. The van der Waals surface area contributed by atoms with Gasteiger partial charge < -0.3 is 10.2 Å². The minimum atomic E-state index is -0.0750. The Morgan fingerprint density at radius 1 is 1.30 bits per heavy atom. The zero-order valence-electron chi connectivity index (χ0n) is 10.9. The van der Waals surface area contributed by atoms with E-state index in [0.717, 1.165) is 19.4 Å². The van der Waals surface area contributed by atoms with Crippen LogP contribution in [-0.4, -0.2) is 17.5 Å². The van der Waals surface area contributed by atoms with Gasteiger partial charge >= 0.3 is 6.03 Å². The number of thiophene rings is 1. The van der Waals surface area contributed by atoms with Crippen molar-refractivity contribution >= 4 is 34.7 Å². The van der Waals surface area contributed by atoms with E-state index in [9.17, 15) is 4.79 Å². The molecule has 2 aromatic rings. The number of nitrogens with zero attached hydrogens (tertiary/aromatic N) is 1. The zero-order valence-corrected chi connectivity index (χ0v) is 12.5. The van der Waals surface area contributed by atoms with Gasteiger partial charge in [0, 0.05) is 11.4 Å². The van der Waals surface area contributed by atoms with Gasteiger partial charge in [-0.25, -0.2) is 4.79 Å².